The minimum Gasteiger partial charge on any atom is -0.380 e. The molecule has 0 saturated carbocycles. The number of benzene rings is 1. The van der Waals surface area contributed by atoms with Crippen molar-refractivity contribution in [2.45, 2.75) is 13.3 Å². The fraction of sp³-hybridized carbons (Fsp3) is 0.462. The lowest BCUT2D eigenvalue weighted by Gasteiger charge is -2.38. The Balaban J connectivity index is 1.79. The quantitative estimate of drug-likeness (QED) is 0.892. The third-order valence-electron chi connectivity index (χ3n) is 2.89. The van der Waals surface area contributed by atoms with Crippen molar-refractivity contribution >= 4 is 17.5 Å². The lowest BCUT2D eigenvalue weighted by Crippen LogP contribution is -2.48. The van der Waals surface area contributed by atoms with Crippen LogP contribution in [0.3, 0.4) is 0 Å². The molecule has 1 saturated heterocycles. The van der Waals surface area contributed by atoms with Crippen molar-refractivity contribution in [3.8, 4) is 0 Å². The summed E-state index contributed by atoms with van der Waals surface area (Å²) in [6.45, 7) is 4.25. The molecule has 1 aromatic rings. The lowest BCUT2D eigenvalue weighted by atomic mass is 9.89. The molecule has 0 bridgehead atoms. The summed E-state index contributed by atoms with van der Waals surface area (Å²) in [6, 6.07) is 7.34. The van der Waals surface area contributed by atoms with Gasteiger partial charge in [-0.05, 0) is 17.7 Å². The first-order chi connectivity index (χ1) is 8.07. The summed E-state index contributed by atoms with van der Waals surface area (Å²) in [5.41, 5.74) is 1.09. The molecule has 1 heterocycles. The second kappa shape index (κ2) is 5.07. The van der Waals surface area contributed by atoms with Gasteiger partial charge in [-0.3, -0.25) is 4.79 Å². The van der Waals surface area contributed by atoms with Gasteiger partial charge in [-0.25, -0.2) is 0 Å². The Hall–Kier alpha value is -1.06. The van der Waals surface area contributed by atoms with Crippen LogP contribution in [0.4, 0.5) is 0 Å². The Morgan fingerprint density at radius 2 is 2.06 bits per heavy atom. The summed E-state index contributed by atoms with van der Waals surface area (Å²) in [5, 5.41) is 3.62. The van der Waals surface area contributed by atoms with E-state index in [1.54, 1.807) is 12.1 Å². The normalized spacial score (nSPS) is 17.3. The zero-order valence-electron chi connectivity index (χ0n) is 9.83. The number of rotatable bonds is 4. The van der Waals surface area contributed by atoms with E-state index < -0.39 is 0 Å². The standard InChI is InChI=1S/C13H16ClNO2/c1-13(8-17-9-13)7-15-12(16)6-10-2-4-11(14)5-3-10/h2-5H,6-9H2,1H3,(H,15,16). The van der Waals surface area contributed by atoms with Gasteiger partial charge in [-0.2, -0.15) is 0 Å². The highest BCUT2D eigenvalue weighted by Gasteiger charge is 2.33. The van der Waals surface area contributed by atoms with Crippen LogP contribution in [0.5, 0.6) is 0 Å². The molecule has 3 nitrogen and oxygen atoms in total. The van der Waals surface area contributed by atoms with Crippen molar-refractivity contribution in [3.05, 3.63) is 34.9 Å². The van der Waals surface area contributed by atoms with E-state index in [2.05, 4.69) is 12.2 Å². The molecule has 0 radical (unpaired) electrons. The molecule has 0 unspecified atom stereocenters. The highest BCUT2D eigenvalue weighted by molar-refractivity contribution is 6.30. The summed E-state index contributed by atoms with van der Waals surface area (Å²) in [4.78, 5) is 11.7. The highest BCUT2D eigenvalue weighted by Crippen LogP contribution is 2.25. The molecular formula is C13H16ClNO2. The summed E-state index contributed by atoms with van der Waals surface area (Å²) >= 11 is 5.78. The summed E-state index contributed by atoms with van der Waals surface area (Å²) in [5.74, 6) is 0.0421. The molecule has 4 heteroatoms. The molecule has 1 amide bonds. The van der Waals surface area contributed by atoms with E-state index in [4.69, 9.17) is 16.3 Å². The first kappa shape index (κ1) is 12.4. The van der Waals surface area contributed by atoms with Crippen LogP contribution in [0, 0.1) is 5.41 Å². The molecule has 0 aromatic heterocycles. The average Bonchev–Trinajstić information content (AvgIpc) is 2.27. The number of nitrogens with one attached hydrogen (secondary N) is 1. The van der Waals surface area contributed by atoms with Crippen LogP contribution in [-0.4, -0.2) is 25.7 Å². The van der Waals surface area contributed by atoms with Gasteiger partial charge in [0.05, 0.1) is 19.6 Å². The van der Waals surface area contributed by atoms with Gasteiger partial charge in [-0.15, -0.1) is 0 Å². The van der Waals surface area contributed by atoms with Crippen molar-refractivity contribution in [2.24, 2.45) is 5.41 Å². The van der Waals surface area contributed by atoms with E-state index >= 15 is 0 Å². The average molecular weight is 254 g/mol. The molecule has 1 fully saturated rings. The van der Waals surface area contributed by atoms with Crippen LogP contribution < -0.4 is 5.32 Å². The number of carbonyl (C=O) groups excluding carboxylic acids is 1. The second-order valence-corrected chi connectivity index (χ2v) is 5.32. The fourth-order valence-corrected chi connectivity index (χ4v) is 1.84. The minimum absolute atomic E-state index is 0.0421. The highest BCUT2D eigenvalue weighted by atomic mass is 35.5. The Morgan fingerprint density at radius 1 is 1.41 bits per heavy atom. The first-order valence-corrected chi connectivity index (χ1v) is 6.04. The number of amides is 1. The predicted molar refractivity (Wildman–Crippen MR) is 67.1 cm³/mol. The maximum absolute atomic E-state index is 11.7. The molecule has 1 aliphatic heterocycles. The van der Waals surface area contributed by atoms with Crippen LogP contribution in [0.15, 0.2) is 24.3 Å². The van der Waals surface area contributed by atoms with E-state index in [9.17, 15) is 4.79 Å². The summed E-state index contributed by atoms with van der Waals surface area (Å²) in [7, 11) is 0. The maximum Gasteiger partial charge on any atom is 0.224 e. The summed E-state index contributed by atoms with van der Waals surface area (Å²) < 4.78 is 5.14. The Labute approximate surface area is 106 Å². The number of hydrogen-bond acceptors (Lipinski definition) is 2. The van der Waals surface area contributed by atoms with Crippen molar-refractivity contribution in [1.29, 1.82) is 0 Å². The van der Waals surface area contributed by atoms with Gasteiger partial charge < -0.3 is 10.1 Å². The van der Waals surface area contributed by atoms with Gasteiger partial charge in [0.25, 0.3) is 0 Å². The zero-order valence-corrected chi connectivity index (χ0v) is 10.6. The first-order valence-electron chi connectivity index (χ1n) is 5.66. The van der Waals surface area contributed by atoms with E-state index in [0.29, 0.717) is 18.0 Å². The Bertz CT molecular complexity index is 398. The van der Waals surface area contributed by atoms with Gasteiger partial charge in [0, 0.05) is 17.0 Å². The van der Waals surface area contributed by atoms with Crippen LogP contribution in [0.25, 0.3) is 0 Å². The molecule has 92 valence electrons. The molecule has 0 spiro atoms. The van der Waals surface area contributed by atoms with Gasteiger partial charge in [0.1, 0.15) is 0 Å². The Kier molecular flexibility index (Phi) is 3.69. The minimum atomic E-state index is 0.0421. The SMILES string of the molecule is CC1(CNC(=O)Cc2ccc(Cl)cc2)COC1. The number of carbonyl (C=O) groups is 1. The monoisotopic (exact) mass is 253 g/mol. The number of hydrogen-bond donors (Lipinski definition) is 1. The van der Waals surface area contributed by atoms with Crippen LogP contribution in [-0.2, 0) is 16.0 Å². The van der Waals surface area contributed by atoms with Crippen LogP contribution in [0.1, 0.15) is 12.5 Å². The van der Waals surface area contributed by atoms with E-state index in [-0.39, 0.29) is 11.3 Å². The van der Waals surface area contributed by atoms with Crippen LogP contribution >= 0.6 is 11.6 Å². The number of halogens is 1. The van der Waals surface area contributed by atoms with Crippen molar-refractivity contribution in [2.75, 3.05) is 19.8 Å². The van der Waals surface area contributed by atoms with Gasteiger partial charge in [-0.1, -0.05) is 30.7 Å². The van der Waals surface area contributed by atoms with Gasteiger partial charge in [0.15, 0.2) is 0 Å². The molecule has 0 aliphatic carbocycles. The van der Waals surface area contributed by atoms with Crippen LogP contribution in [0.2, 0.25) is 5.02 Å². The fourth-order valence-electron chi connectivity index (χ4n) is 1.71. The van der Waals surface area contributed by atoms with E-state index in [1.807, 2.05) is 12.1 Å². The van der Waals surface area contributed by atoms with E-state index in [0.717, 1.165) is 18.8 Å². The third kappa shape index (κ3) is 3.45. The smallest absolute Gasteiger partial charge is 0.224 e. The molecule has 1 aliphatic rings. The molecule has 1 aromatic carbocycles. The topological polar surface area (TPSA) is 38.3 Å². The Morgan fingerprint density at radius 3 is 2.59 bits per heavy atom. The molecular weight excluding hydrogens is 238 g/mol. The van der Waals surface area contributed by atoms with Crippen molar-refractivity contribution < 1.29 is 9.53 Å². The molecule has 0 atom stereocenters. The third-order valence-corrected chi connectivity index (χ3v) is 3.14. The number of ether oxygens (including phenoxy) is 1. The molecule has 17 heavy (non-hydrogen) atoms. The van der Waals surface area contributed by atoms with Crippen molar-refractivity contribution in [1.82, 2.24) is 5.32 Å². The molecule has 1 N–H and O–H groups in total. The predicted octanol–water partition coefficient (Wildman–Crippen LogP) is 2.04. The summed E-state index contributed by atoms with van der Waals surface area (Å²) in [6.07, 6.45) is 0.397. The van der Waals surface area contributed by atoms with E-state index in [1.165, 1.54) is 0 Å². The largest absolute Gasteiger partial charge is 0.380 e. The second-order valence-electron chi connectivity index (χ2n) is 4.88. The van der Waals surface area contributed by atoms with Crippen molar-refractivity contribution in [3.63, 3.8) is 0 Å². The zero-order chi connectivity index (χ0) is 12.3. The molecule has 2 rings (SSSR count). The van der Waals surface area contributed by atoms with Gasteiger partial charge >= 0.3 is 0 Å². The maximum atomic E-state index is 11.7. The van der Waals surface area contributed by atoms with Gasteiger partial charge in [0.2, 0.25) is 5.91 Å². The lowest BCUT2D eigenvalue weighted by molar-refractivity contribution is -0.126.